The highest BCUT2D eigenvalue weighted by Crippen LogP contribution is 2.33. The van der Waals surface area contributed by atoms with E-state index in [4.69, 9.17) is 0 Å². The van der Waals surface area contributed by atoms with E-state index in [2.05, 4.69) is 5.10 Å². The van der Waals surface area contributed by atoms with Gasteiger partial charge < -0.3 is 15.1 Å². The van der Waals surface area contributed by atoms with Crippen LogP contribution in [0.15, 0.2) is 36.4 Å². The molecule has 1 fully saturated rings. The van der Waals surface area contributed by atoms with Crippen LogP contribution in [0, 0.1) is 6.92 Å². The maximum Gasteiger partial charge on any atom is 0.274 e. The summed E-state index contributed by atoms with van der Waals surface area (Å²) in [6, 6.07) is 10.8. The van der Waals surface area contributed by atoms with Gasteiger partial charge in [0.05, 0.1) is 6.54 Å². The molecule has 6 heteroatoms. The third-order valence-corrected chi connectivity index (χ3v) is 4.60. The van der Waals surface area contributed by atoms with Gasteiger partial charge in [0.25, 0.3) is 5.91 Å². The van der Waals surface area contributed by atoms with Gasteiger partial charge in [0.15, 0.2) is 5.69 Å². The second-order valence-electron chi connectivity index (χ2n) is 6.10. The number of nitrogens with zero attached hydrogens (tertiary/aromatic N) is 3. The number of β-amino-alcohol motifs (C(OH)–C–C–N with tert-alkyl or cyclic N) is 1. The Labute approximate surface area is 135 Å². The van der Waals surface area contributed by atoms with Crippen LogP contribution in [0.25, 0.3) is 0 Å². The number of aromatic nitrogens is 2. The van der Waals surface area contributed by atoms with E-state index in [1.54, 1.807) is 34.8 Å². The van der Waals surface area contributed by atoms with Crippen molar-refractivity contribution in [1.82, 2.24) is 14.7 Å². The van der Waals surface area contributed by atoms with Gasteiger partial charge >= 0.3 is 0 Å². The molecule has 6 nitrogen and oxygen atoms in total. The van der Waals surface area contributed by atoms with Gasteiger partial charge in [0, 0.05) is 25.7 Å². The predicted molar refractivity (Wildman–Crippen MR) is 84.8 cm³/mol. The number of rotatable bonds is 2. The average molecular weight is 315 g/mol. The Bertz CT molecular complexity index is 694. The van der Waals surface area contributed by atoms with Crippen molar-refractivity contribution >= 4 is 5.91 Å². The number of aliphatic hydroxyl groups excluding tert-OH is 1. The fourth-order valence-corrected chi connectivity index (χ4v) is 3.00. The van der Waals surface area contributed by atoms with E-state index in [1.807, 2.05) is 25.1 Å². The molecular formula is C17H21N3O3. The molecule has 0 unspecified atom stereocenters. The summed E-state index contributed by atoms with van der Waals surface area (Å²) in [6.07, 6.45) is -0.747. The van der Waals surface area contributed by atoms with E-state index in [9.17, 15) is 15.0 Å². The molecule has 2 N–H and O–H groups in total. The van der Waals surface area contributed by atoms with E-state index in [0.29, 0.717) is 17.8 Å². The molecule has 122 valence electrons. The van der Waals surface area contributed by atoms with Gasteiger partial charge in [-0.1, -0.05) is 30.3 Å². The maximum atomic E-state index is 12.5. The average Bonchev–Trinajstić information content (AvgIpc) is 2.89. The Morgan fingerprint density at radius 1 is 1.35 bits per heavy atom. The monoisotopic (exact) mass is 315 g/mol. The molecule has 1 aromatic carbocycles. The first-order valence-electron chi connectivity index (χ1n) is 7.67. The minimum Gasteiger partial charge on any atom is -0.388 e. The largest absolute Gasteiger partial charge is 0.388 e. The highest BCUT2D eigenvalue weighted by molar-refractivity contribution is 5.92. The number of benzene rings is 1. The van der Waals surface area contributed by atoms with E-state index in [1.165, 1.54) is 0 Å². The Morgan fingerprint density at radius 2 is 2.04 bits per heavy atom. The lowest BCUT2D eigenvalue weighted by molar-refractivity contribution is -0.118. The Balaban J connectivity index is 1.77. The molecule has 1 aromatic heterocycles. The van der Waals surface area contributed by atoms with Crippen molar-refractivity contribution < 1.29 is 15.0 Å². The van der Waals surface area contributed by atoms with Crippen LogP contribution in [-0.2, 0) is 12.6 Å². The van der Waals surface area contributed by atoms with Crippen LogP contribution in [0.1, 0.15) is 28.2 Å². The Hall–Kier alpha value is -2.18. The lowest BCUT2D eigenvalue weighted by Crippen LogP contribution is -2.55. The number of aliphatic hydroxyl groups is 2. The van der Waals surface area contributed by atoms with Gasteiger partial charge in [0.2, 0.25) is 0 Å². The highest BCUT2D eigenvalue weighted by atomic mass is 16.3. The molecule has 2 atom stereocenters. The smallest absolute Gasteiger partial charge is 0.274 e. The normalized spacial score (nSPS) is 24.7. The number of hydrogen-bond donors (Lipinski definition) is 2. The van der Waals surface area contributed by atoms with Crippen LogP contribution >= 0.6 is 0 Å². The first-order chi connectivity index (χ1) is 10.9. The minimum atomic E-state index is -1.32. The van der Waals surface area contributed by atoms with Crippen molar-refractivity contribution in [2.45, 2.75) is 25.0 Å². The van der Waals surface area contributed by atoms with Gasteiger partial charge in [-0.05, 0) is 18.6 Å². The van der Waals surface area contributed by atoms with Crippen LogP contribution in [-0.4, -0.2) is 50.0 Å². The van der Waals surface area contributed by atoms with Gasteiger partial charge in [-0.3, -0.25) is 9.48 Å². The van der Waals surface area contributed by atoms with E-state index in [-0.39, 0.29) is 18.9 Å². The molecule has 2 aromatic rings. The van der Waals surface area contributed by atoms with Crippen molar-refractivity contribution in [3.05, 3.63) is 53.3 Å². The molecule has 1 amide bonds. The molecule has 3 rings (SSSR count). The number of amides is 1. The minimum absolute atomic E-state index is 0.0832. The predicted octanol–water partition coefficient (Wildman–Crippen LogP) is 0.823. The summed E-state index contributed by atoms with van der Waals surface area (Å²) in [7, 11) is 1.78. The zero-order valence-electron chi connectivity index (χ0n) is 13.3. The lowest BCUT2D eigenvalue weighted by atomic mass is 9.82. The summed E-state index contributed by atoms with van der Waals surface area (Å²) < 4.78 is 1.65. The number of piperidine rings is 1. The fraction of sp³-hybridized carbons (Fsp3) is 0.412. The SMILES string of the molecule is Cc1cc(C(=O)N2CC[C@](O)(c3ccccc3)[C@@H](O)C2)nn1C. The molecule has 23 heavy (non-hydrogen) atoms. The van der Waals surface area contributed by atoms with Crippen molar-refractivity contribution in [3.8, 4) is 0 Å². The molecule has 2 heterocycles. The third-order valence-electron chi connectivity index (χ3n) is 4.60. The van der Waals surface area contributed by atoms with Crippen molar-refractivity contribution in [2.75, 3.05) is 13.1 Å². The zero-order chi connectivity index (χ0) is 16.6. The third kappa shape index (κ3) is 2.75. The Kier molecular flexibility index (Phi) is 3.95. The van der Waals surface area contributed by atoms with E-state index in [0.717, 1.165) is 5.69 Å². The summed E-state index contributed by atoms with van der Waals surface area (Å²) in [5.74, 6) is -0.220. The van der Waals surface area contributed by atoms with E-state index >= 15 is 0 Å². The topological polar surface area (TPSA) is 78.6 Å². The molecule has 0 aliphatic carbocycles. The van der Waals surface area contributed by atoms with Crippen LogP contribution in [0.2, 0.25) is 0 Å². The fourth-order valence-electron chi connectivity index (χ4n) is 3.00. The molecule has 1 aliphatic rings. The Morgan fingerprint density at radius 3 is 2.61 bits per heavy atom. The quantitative estimate of drug-likeness (QED) is 0.860. The van der Waals surface area contributed by atoms with Gasteiger partial charge in [-0.2, -0.15) is 5.10 Å². The van der Waals surface area contributed by atoms with Crippen molar-refractivity contribution in [3.63, 3.8) is 0 Å². The van der Waals surface area contributed by atoms with Crippen LogP contribution in [0.5, 0.6) is 0 Å². The van der Waals surface area contributed by atoms with Crippen molar-refractivity contribution in [1.29, 1.82) is 0 Å². The summed E-state index contributed by atoms with van der Waals surface area (Å²) >= 11 is 0. The van der Waals surface area contributed by atoms with Gasteiger partial charge in [-0.25, -0.2) is 0 Å². The van der Waals surface area contributed by atoms with Gasteiger partial charge in [0.1, 0.15) is 11.7 Å². The highest BCUT2D eigenvalue weighted by Gasteiger charge is 2.43. The molecule has 0 bridgehead atoms. The molecule has 1 aliphatic heterocycles. The summed E-state index contributed by atoms with van der Waals surface area (Å²) in [5.41, 5.74) is 0.611. The first kappa shape index (κ1) is 15.7. The first-order valence-corrected chi connectivity index (χ1v) is 7.67. The standard InChI is InChI=1S/C17H21N3O3/c1-12-10-14(18-19(12)2)16(22)20-9-8-17(23,15(21)11-20)13-6-4-3-5-7-13/h3-7,10,15,21,23H,8-9,11H2,1-2H3/t15-,17-/m0/s1. The summed E-state index contributed by atoms with van der Waals surface area (Å²) in [6.45, 7) is 2.33. The summed E-state index contributed by atoms with van der Waals surface area (Å²) in [5, 5.41) is 25.4. The van der Waals surface area contributed by atoms with Crippen LogP contribution in [0.4, 0.5) is 0 Å². The number of carbonyl (C=O) groups excluding carboxylic acids is 1. The molecular weight excluding hydrogens is 294 g/mol. The lowest BCUT2D eigenvalue weighted by Gasteiger charge is -2.42. The molecule has 1 saturated heterocycles. The summed E-state index contributed by atoms with van der Waals surface area (Å²) in [4.78, 5) is 14.1. The molecule has 0 saturated carbocycles. The van der Waals surface area contributed by atoms with Crippen LogP contribution in [0.3, 0.4) is 0 Å². The van der Waals surface area contributed by atoms with Crippen LogP contribution < -0.4 is 0 Å². The molecule has 0 radical (unpaired) electrons. The second-order valence-corrected chi connectivity index (χ2v) is 6.10. The number of hydrogen-bond acceptors (Lipinski definition) is 4. The number of likely N-dealkylation sites (tertiary alicyclic amines) is 1. The molecule has 0 spiro atoms. The van der Waals surface area contributed by atoms with E-state index < -0.39 is 11.7 Å². The number of carbonyl (C=O) groups is 1. The van der Waals surface area contributed by atoms with Crippen molar-refractivity contribution in [2.24, 2.45) is 7.05 Å². The van der Waals surface area contributed by atoms with Gasteiger partial charge in [-0.15, -0.1) is 0 Å². The number of aryl methyl sites for hydroxylation is 2. The second kappa shape index (κ2) is 5.79. The maximum absolute atomic E-state index is 12.5. The zero-order valence-corrected chi connectivity index (χ0v) is 13.3.